The largest absolute Gasteiger partial charge is 0.620 e. The maximum Gasteiger partial charge on any atom is 0.446 e. The van der Waals surface area contributed by atoms with Crippen LogP contribution in [0.1, 0.15) is 5.69 Å². The number of hydrogen-bond donors (Lipinski definition) is 1. The van der Waals surface area contributed by atoms with Gasteiger partial charge in [-0.05, 0) is 6.07 Å². The molecule has 2 rings (SSSR count). The Bertz CT molecular complexity index is 361. The van der Waals surface area contributed by atoms with Crippen LogP contribution in [0, 0.1) is 5.21 Å². The van der Waals surface area contributed by atoms with E-state index in [1.807, 2.05) is 0 Å². The monoisotopic (exact) mass is 163 g/mol. The van der Waals surface area contributed by atoms with Crippen molar-refractivity contribution in [2.24, 2.45) is 4.99 Å². The third kappa shape index (κ3) is 0.919. The maximum absolute atomic E-state index is 11.1. The fraction of sp³-hybridized carbons (Fsp3) is 0. The Labute approximate surface area is 67.9 Å². The SMILES string of the molecule is O=C1N=Cc2ncccc2[NH+]1[O-]. The second kappa shape index (κ2) is 2.47. The molecule has 0 saturated heterocycles. The Balaban J connectivity index is 2.59. The predicted molar refractivity (Wildman–Crippen MR) is 41.2 cm³/mol. The predicted octanol–water partition coefficient (Wildman–Crippen LogP) is -0.352. The van der Waals surface area contributed by atoms with Gasteiger partial charge in [0.25, 0.3) is 0 Å². The van der Waals surface area contributed by atoms with Crippen LogP contribution in [0.4, 0.5) is 10.5 Å². The van der Waals surface area contributed by atoms with Gasteiger partial charge in [0.1, 0.15) is 5.69 Å². The molecule has 0 aromatic carbocycles. The van der Waals surface area contributed by atoms with Crippen molar-refractivity contribution in [2.75, 3.05) is 0 Å². The van der Waals surface area contributed by atoms with E-state index < -0.39 is 11.1 Å². The lowest BCUT2D eigenvalue weighted by Crippen LogP contribution is -3.05. The van der Waals surface area contributed by atoms with Crippen LogP contribution in [0.15, 0.2) is 23.3 Å². The van der Waals surface area contributed by atoms with Gasteiger partial charge in [0, 0.05) is 12.3 Å². The van der Waals surface area contributed by atoms with Gasteiger partial charge in [-0.15, -0.1) is 0 Å². The standard InChI is InChI=1S/C7H5N3O2/c11-7-9-4-5-6(10(7)12)2-1-3-8-5/h1-4,10H. The molecule has 0 fully saturated rings. The van der Waals surface area contributed by atoms with Crippen molar-refractivity contribution < 1.29 is 9.86 Å². The van der Waals surface area contributed by atoms with E-state index in [9.17, 15) is 10.0 Å². The van der Waals surface area contributed by atoms with Gasteiger partial charge in [-0.1, -0.05) is 0 Å². The summed E-state index contributed by atoms with van der Waals surface area (Å²) < 4.78 is 0. The molecule has 2 heterocycles. The Morgan fingerprint density at radius 1 is 1.50 bits per heavy atom. The fourth-order valence-electron chi connectivity index (χ4n) is 1.01. The lowest BCUT2D eigenvalue weighted by molar-refractivity contribution is -0.679. The van der Waals surface area contributed by atoms with E-state index in [0.29, 0.717) is 11.4 Å². The molecule has 1 N–H and O–H groups in total. The zero-order chi connectivity index (χ0) is 8.55. The van der Waals surface area contributed by atoms with Crippen LogP contribution in [-0.4, -0.2) is 17.2 Å². The van der Waals surface area contributed by atoms with Crippen molar-refractivity contribution in [3.8, 4) is 0 Å². The second-order valence-corrected chi connectivity index (χ2v) is 2.33. The van der Waals surface area contributed by atoms with Gasteiger partial charge in [0.15, 0.2) is 5.69 Å². The van der Waals surface area contributed by atoms with Crippen LogP contribution >= 0.6 is 0 Å². The van der Waals surface area contributed by atoms with Crippen molar-refractivity contribution in [3.05, 3.63) is 29.2 Å². The average Bonchev–Trinajstić information content (AvgIpc) is 2.12. The summed E-state index contributed by atoms with van der Waals surface area (Å²) in [5.74, 6) is 0. The van der Waals surface area contributed by atoms with Gasteiger partial charge in [0.2, 0.25) is 0 Å². The summed E-state index contributed by atoms with van der Waals surface area (Å²) in [4.78, 5) is 18.0. The van der Waals surface area contributed by atoms with E-state index in [1.54, 1.807) is 18.3 Å². The Morgan fingerprint density at radius 3 is 3.17 bits per heavy atom. The summed E-state index contributed by atoms with van der Waals surface area (Å²) in [6.07, 6.45) is 2.85. The number of pyridine rings is 1. The molecule has 1 aliphatic heterocycles. The van der Waals surface area contributed by atoms with Gasteiger partial charge >= 0.3 is 6.03 Å². The Kier molecular flexibility index (Phi) is 1.46. The van der Waals surface area contributed by atoms with E-state index in [4.69, 9.17) is 0 Å². The number of aliphatic imine (C=N–C) groups is 1. The van der Waals surface area contributed by atoms with Crippen molar-refractivity contribution in [3.63, 3.8) is 0 Å². The lowest BCUT2D eigenvalue weighted by Gasteiger charge is -2.19. The lowest BCUT2D eigenvalue weighted by atomic mass is 10.3. The van der Waals surface area contributed by atoms with Gasteiger partial charge < -0.3 is 5.21 Å². The van der Waals surface area contributed by atoms with E-state index in [1.165, 1.54) is 6.21 Å². The first-order valence-corrected chi connectivity index (χ1v) is 3.37. The first-order chi connectivity index (χ1) is 5.79. The smallest absolute Gasteiger partial charge is 0.446 e. The van der Waals surface area contributed by atoms with E-state index in [0.717, 1.165) is 0 Å². The summed E-state index contributed by atoms with van der Waals surface area (Å²) in [5.41, 5.74) is 0.791. The maximum atomic E-state index is 11.1. The number of amides is 2. The zero-order valence-corrected chi connectivity index (χ0v) is 6.02. The van der Waals surface area contributed by atoms with Crippen LogP contribution in [0.2, 0.25) is 0 Å². The number of nitrogens with zero attached hydrogens (tertiary/aromatic N) is 2. The molecule has 60 valence electrons. The Morgan fingerprint density at radius 2 is 2.33 bits per heavy atom. The quantitative estimate of drug-likeness (QED) is 0.531. The fourth-order valence-corrected chi connectivity index (χ4v) is 1.01. The van der Waals surface area contributed by atoms with E-state index in [-0.39, 0.29) is 0 Å². The first-order valence-electron chi connectivity index (χ1n) is 3.37. The molecular weight excluding hydrogens is 158 g/mol. The first kappa shape index (κ1) is 7.08. The highest BCUT2D eigenvalue weighted by Crippen LogP contribution is 2.06. The molecule has 0 spiro atoms. The molecule has 0 bridgehead atoms. The molecule has 1 aromatic heterocycles. The number of nitrogens with one attached hydrogen (secondary N) is 1. The molecule has 2 amide bonds. The number of quaternary nitrogens is 1. The number of aromatic nitrogens is 1. The minimum absolute atomic E-state index is 0.331. The molecule has 1 aromatic rings. The average molecular weight is 163 g/mol. The third-order valence-electron chi connectivity index (χ3n) is 1.58. The van der Waals surface area contributed by atoms with Crippen LogP contribution < -0.4 is 5.06 Å². The van der Waals surface area contributed by atoms with Crippen LogP contribution in [-0.2, 0) is 0 Å². The molecular formula is C7H5N3O2. The number of urea groups is 1. The number of carbonyl (C=O) groups is 1. The summed E-state index contributed by atoms with van der Waals surface area (Å²) >= 11 is 0. The molecule has 5 nitrogen and oxygen atoms in total. The van der Waals surface area contributed by atoms with Gasteiger partial charge in [-0.3, -0.25) is 5.06 Å². The van der Waals surface area contributed by atoms with Gasteiger partial charge in [0.05, 0.1) is 6.21 Å². The molecule has 0 saturated carbocycles. The molecule has 0 radical (unpaired) electrons. The zero-order valence-electron chi connectivity index (χ0n) is 6.02. The van der Waals surface area contributed by atoms with Crippen LogP contribution in [0.3, 0.4) is 0 Å². The molecule has 5 heteroatoms. The Hall–Kier alpha value is -1.59. The second-order valence-electron chi connectivity index (χ2n) is 2.33. The minimum Gasteiger partial charge on any atom is -0.620 e. The third-order valence-corrected chi connectivity index (χ3v) is 1.58. The highest BCUT2D eigenvalue weighted by Gasteiger charge is 2.20. The van der Waals surface area contributed by atoms with Crippen molar-refractivity contribution in [1.82, 2.24) is 4.98 Å². The summed E-state index contributed by atoms with van der Waals surface area (Å²) in [7, 11) is 0. The van der Waals surface area contributed by atoms with Crippen LogP contribution in [0.25, 0.3) is 0 Å². The van der Waals surface area contributed by atoms with Crippen molar-refractivity contribution >= 4 is 17.9 Å². The minimum atomic E-state index is -0.726. The molecule has 0 aliphatic carbocycles. The number of hydrogen-bond acceptors (Lipinski definition) is 3. The molecule has 1 unspecified atom stereocenters. The highest BCUT2D eigenvalue weighted by atomic mass is 16.5. The molecule has 1 atom stereocenters. The number of hydroxylamine groups is 1. The van der Waals surface area contributed by atoms with Crippen molar-refractivity contribution in [2.45, 2.75) is 0 Å². The number of rotatable bonds is 0. The van der Waals surface area contributed by atoms with E-state index >= 15 is 0 Å². The molecule has 1 aliphatic rings. The van der Waals surface area contributed by atoms with E-state index in [2.05, 4.69) is 9.98 Å². The number of carbonyl (C=O) groups excluding carboxylic acids is 1. The highest BCUT2D eigenvalue weighted by molar-refractivity contribution is 5.93. The summed E-state index contributed by atoms with van der Waals surface area (Å²) in [5, 5.41) is 10.5. The van der Waals surface area contributed by atoms with Crippen molar-refractivity contribution in [1.29, 1.82) is 0 Å². The summed E-state index contributed by atoms with van der Waals surface area (Å²) in [6, 6.07) is 2.45. The topological polar surface area (TPSA) is 69.8 Å². The van der Waals surface area contributed by atoms with Gasteiger partial charge in [-0.2, -0.15) is 4.99 Å². The molecule has 12 heavy (non-hydrogen) atoms. The normalized spacial score (nSPS) is 20.8. The summed E-state index contributed by atoms with van der Waals surface area (Å²) in [6.45, 7) is 0. The van der Waals surface area contributed by atoms with Gasteiger partial charge in [-0.25, -0.2) is 9.78 Å². The number of fused-ring (bicyclic) bond motifs is 1. The van der Waals surface area contributed by atoms with Crippen LogP contribution in [0.5, 0.6) is 0 Å².